The van der Waals surface area contributed by atoms with Gasteiger partial charge in [-0.2, -0.15) is 0 Å². The van der Waals surface area contributed by atoms with Gasteiger partial charge in [0, 0.05) is 13.1 Å². The van der Waals surface area contributed by atoms with Gasteiger partial charge in [-0.05, 0) is 32.1 Å². The summed E-state index contributed by atoms with van der Waals surface area (Å²) in [5, 5.41) is 9.33. The Kier molecular flexibility index (Phi) is 3.56. The summed E-state index contributed by atoms with van der Waals surface area (Å²) in [6.45, 7) is 2.85. The van der Waals surface area contributed by atoms with Gasteiger partial charge in [-0.1, -0.05) is 12.8 Å². The molecule has 0 radical (unpaired) electrons. The molecule has 0 aromatic heterocycles. The fourth-order valence-corrected chi connectivity index (χ4v) is 4.89. The van der Waals surface area contributed by atoms with E-state index in [2.05, 4.69) is 0 Å². The molecule has 2 aliphatic rings. The molecule has 16 heavy (non-hydrogen) atoms. The molecule has 1 N–H and O–H groups in total. The average Bonchev–Trinajstić information content (AvgIpc) is 2.90. The minimum absolute atomic E-state index is 0.121. The van der Waals surface area contributed by atoms with E-state index in [-0.39, 0.29) is 11.2 Å². The van der Waals surface area contributed by atoms with E-state index in [0.717, 1.165) is 32.1 Å². The van der Waals surface area contributed by atoms with Crippen LogP contribution in [0.5, 0.6) is 0 Å². The molecule has 2 atom stereocenters. The predicted octanol–water partition coefficient (Wildman–Crippen LogP) is 0.962. The lowest BCUT2D eigenvalue weighted by Crippen LogP contribution is -2.36. The number of hydrogen-bond donors (Lipinski definition) is 1. The highest BCUT2D eigenvalue weighted by Crippen LogP contribution is 2.31. The molecule has 4 nitrogen and oxygen atoms in total. The molecule has 2 fully saturated rings. The van der Waals surface area contributed by atoms with Crippen molar-refractivity contribution in [3.8, 4) is 0 Å². The highest BCUT2D eigenvalue weighted by atomic mass is 32.2. The third-order valence-corrected chi connectivity index (χ3v) is 6.32. The quantitative estimate of drug-likeness (QED) is 0.808. The van der Waals surface area contributed by atoms with Crippen molar-refractivity contribution >= 4 is 10.0 Å². The number of hydrogen-bond acceptors (Lipinski definition) is 3. The Labute approximate surface area is 97.7 Å². The Morgan fingerprint density at radius 3 is 2.38 bits per heavy atom. The maximum absolute atomic E-state index is 12.2. The molecule has 1 aliphatic heterocycles. The lowest BCUT2D eigenvalue weighted by molar-refractivity contribution is 0.132. The van der Waals surface area contributed by atoms with Crippen molar-refractivity contribution in [1.82, 2.24) is 4.31 Å². The first-order valence-corrected chi connectivity index (χ1v) is 7.69. The average molecular weight is 247 g/mol. The second-order valence-electron chi connectivity index (χ2n) is 5.10. The van der Waals surface area contributed by atoms with Gasteiger partial charge in [0.15, 0.2) is 0 Å². The minimum atomic E-state index is -3.08. The van der Waals surface area contributed by atoms with Crippen molar-refractivity contribution in [2.45, 2.75) is 50.4 Å². The van der Waals surface area contributed by atoms with Crippen LogP contribution < -0.4 is 0 Å². The summed E-state index contributed by atoms with van der Waals surface area (Å²) in [5.74, 6) is 0.121. The predicted molar refractivity (Wildman–Crippen MR) is 62.5 cm³/mol. The molecule has 2 unspecified atom stereocenters. The monoisotopic (exact) mass is 247 g/mol. The third kappa shape index (κ3) is 2.26. The second kappa shape index (κ2) is 4.63. The van der Waals surface area contributed by atoms with Crippen molar-refractivity contribution in [3.63, 3.8) is 0 Å². The minimum Gasteiger partial charge on any atom is -0.393 e. The van der Waals surface area contributed by atoms with Crippen LogP contribution in [0.3, 0.4) is 0 Å². The highest BCUT2D eigenvalue weighted by Gasteiger charge is 2.38. The van der Waals surface area contributed by atoms with Gasteiger partial charge in [0.2, 0.25) is 10.0 Å². The maximum atomic E-state index is 12.2. The lowest BCUT2D eigenvalue weighted by Gasteiger charge is -2.21. The summed E-state index contributed by atoms with van der Waals surface area (Å²) in [7, 11) is -3.08. The van der Waals surface area contributed by atoms with E-state index in [0.29, 0.717) is 13.1 Å². The molecule has 0 bridgehead atoms. The summed E-state index contributed by atoms with van der Waals surface area (Å²) in [6, 6.07) is 0. The number of aliphatic hydroxyl groups is 1. The standard InChI is InChI=1S/C11H21NO3S/c1-9(13)10-6-7-12(8-10)16(14,15)11-4-2-3-5-11/h9-11,13H,2-8H2,1H3. The molecule has 0 aromatic carbocycles. The fourth-order valence-electron chi connectivity index (χ4n) is 2.78. The summed E-state index contributed by atoms with van der Waals surface area (Å²) >= 11 is 0. The van der Waals surface area contributed by atoms with E-state index in [1.165, 1.54) is 0 Å². The van der Waals surface area contributed by atoms with Crippen molar-refractivity contribution in [2.75, 3.05) is 13.1 Å². The van der Waals surface area contributed by atoms with E-state index in [4.69, 9.17) is 0 Å². The van der Waals surface area contributed by atoms with Gasteiger partial charge in [0.1, 0.15) is 0 Å². The molecule has 1 heterocycles. The zero-order chi connectivity index (χ0) is 11.8. The number of aliphatic hydroxyl groups excluding tert-OH is 1. The van der Waals surface area contributed by atoms with Crippen LogP contribution in [-0.2, 0) is 10.0 Å². The molecule has 0 spiro atoms. The smallest absolute Gasteiger partial charge is 0.216 e. The molecule has 1 saturated heterocycles. The Hall–Kier alpha value is -0.130. The van der Waals surface area contributed by atoms with Crippen LogP contribution in [0.15, 0.2) is 0 Å². The van der Waals surface area contributed by atoms with Crippen LogP contribution in [-0.4, -0.2) is 42.3 Å². The molecular formula is C11H21NO3S. The van der Waals surface area contributed by atoms with Gasteiger partial charge < -0.3 is 5.11 Å². The van der Waals surface area contributed by atoms with Crippen LogP contribution >= 0.6 is 0 Å². The van der Waals surface area contributed by atoms with E-state index < -0.39 is 16.1 Å². The summed E-state index contributed by atoms with van der Waals surface area (Å²) in [5.41, 5.74) is 0. The zero-order valence-corrected chi connectivity index (χ0v) is 10.6. The topological polar surface area (TPSA) is 57.6 Å². The molecule has 1 saturated carbocycles. The summed E-state index contributed by atoms with van der Waals surface area (Å²) < 4.78 is 26.1. The van der Waals surface area contributed by atoms with E-state index in [9.17, 15) is 13.5 Å². The van der Waals surface area contributed by atoms with Gasteiger partial charge in [-0.25, -0.2) is 12.7 Å². The first-order valence-electron chi connectivity index (χ1n) is 6.19. The first-order chi connectivity index (χ1) is 7.51. The molecule has 2 rings (SSSR count). The largest absolute Gasteiger partial charge is 0.393 e. The summed E-state index contributed by atoms with van der Waals surface area (Å²) in [6.07, 6.45) is 4.11. The molecule has 0 amide bonds. The van der Waals surface area contributed by atoms with Gasteiger partial charge in [-0.3, -0.25) is 0 Å². The lowest BCUT2D eigenvalue weighted by atomic mass is 10.0. The Morgan fingerprint density at radius 1 is 1.25 bits per heavy atom. The highest BCUT2D eigenvalue weighted by molar-refractivity contribution is 7.89. The molecule has 1 aliphatic carbocycles. The third-order valence-electron chi connectivity index (χ3n) is 3.95. The van der Waals surface area contributed by atoms with Gasteiger partial charge in [0.25, 0.3) is 0 Å². The van der Waals surface area contributed by atoms with Crippen LogP contribution in [0.1, 0.15) is 39.0 Å². The normalized spacial score (nSPS) is 31.0. The van der Waals surface area contributed by atoms with Crippen LogP contribution in [0.2, 0.25) is 0 Å². The number of nitrogens with zero attached hydrogens (tertiary/aromatic N) is 1. The van der Waals surface area contributed by atoms with Gasteiger partial charge in [-0.15, -0.1) is 0 Å². The van der Waals surface area contributed by atoms with Crippen molar-refractivity contribution in [3.05, 3.63) is 0 Å². The SMILES string of the molecule is CC(O)C1CCN(S(=O)(=O)C2CCCC2)C1. The molecular weight excluding hydrogens is 226 g/mol. The first kappa shape index (κ1) is 12.3. The summed E-state index contributed by atoms with van der Waals surface area (Å²) in [4.78, 5) is 0. The molecule has 94 valence electrons. The number of rotatable bonds is 3. The fraction of sp³-hybridized carbons (Fsp3) is 1.00. The van der Waals surface area contributed by atoms with Crippen LogP contribution in [0.4, 0.5) is 0 Å². The Morgan fingerprint density at radius 2 is 1.88 bits per heavy atom. The van der Waals surface area contributed by atoms with Crippen molar-refractivity contribution in [1.29, 1.82) is 0 Å². The maximum Gasteiger partial charge on any atom is 0.216 e. The Balaban J connectivity index is 2.02. The molecule has 5 heteroatoms. The van der Waals surface area contributed by atoms with Crippen molar-refractivity contribution in [2.24, 2.45) is 5.92 Å². The van der Waals surface area contributed by atoms with E-state index in [1.807, 2.05) is 0 Å². The van der Waals surface area contributed by atoms with E-state index >= 15 is 0 Å². The Bertz CT molecular complexity index is 333. The zero-order valence-electron chi connectivity index (χ0n) is 9.80. The van der Waals surface area contributed by atoms with Gasteiger partial charge in [0.05, 0.1) is 11.4 Å². The van der Waals surface area contributed by atoms with Gasteiger partial charge >= 0.3 is 0 Å². The van der Waals surface area contributed by atoms with Crippen LogP contribution in [0, 0.1) is 5.92 Å². The number of sulfonamides is 1. The van der Waals surface area contributed by atoms with E-state index in [1.54, 1.807) is 11.2 Å². The second-order valence-corrected chi connectivity index (χ2v) is 7.31. The van der Waals surface area contributed by atoms with Crippen LogP contribution in [0.25, 0.3) is 0 Å². The molecule has 0 aromatic rings. The van der Waals surface area contributed by atoms with Crippen molar-refractivity contribution < 1.29 is 13.5 Å².